The fraction of sp³-hybridized carbons (Fsp3) is 0.526. The number of nitrogens with two attached hydrogens (primary N) is 2. The van der Waals surface area contributed by atoms with Crippen molar-refractivity contribution in [2.45, 2.75) is 57.8 Å². The zero-order chi connectivity index (χ0) is 20.7. The number of methoxy groups -OCH3 is 1. The van der Waals surface area contributed by atoms with Gasteiger partial charge in [0.05, 0.1) is 5.56 Å². The average Bonchev–Trinajstić information content (AvgIpc) is 2.69. The zero-order valence-electron chi connectivity index (χ0n) is 16.5. The third kappa shape index (κ3) is 5.49. The van der Waals surface area contributed by atoms with Crippen LogP contribution in [-0.4, -0.2) is 42.5 Å². The standard InChI is InChI=1S/C19H29FN6O2/c1-4-6-15(14(21)5-2)25-19-13(20)10-12(17(22)27)18(26-19)24-11-7-8-23-16(9-11)28-3/h7-8,10,14-16H,4-6,9,21H2,1-3H3,(H2,22,27)(H2,24,25,26)/t14-,15+,16?/m0/s1. The number of hydrogen-bond acceptors (Lipinski definition) is 7. The number of aromatic nitrogens is 1. The molecule has 0 bridgehead atoms. The Hall–Kier alpha value is -2.52. The summed E-state index contributed by atoms with van der Waals surface area (Å²) in [6.07, 6.45) is 5.88. The summed E-state index contributed by atoms with van der Waals surface area (Å²) in [6, 6.07) is 0.808. The van der Waals surface area contributed by atoms with E-state index in [2.05, 4.69) is 20.6 Å². The van der Waals surface area contributed by atoms with Crippen LogP contribution in [-0.2, 0) is 4.74 Å². The quantitative estimate of drug-likeness (QED) is 0.484. The van der Waals surface area contributed by atoms with Crippen LogP contribution < -0.4 is 22.1 Å². The zero-order valence-corrected chi connectivity index (χ0v) is 16.5. The highest BCUT2D eigenvalue weighted by Gasteiger charge is 2.22. The second-order valence-corrected chi connectivity index (χ2v) is 6.70. The molecule has 1 aromatic heterocycles. The molecule has 0 saturated heterocycles. The lowest BCUT2D eigenvalue weighted by molar-refractivity contribution is 0.100. The van der Waals surface area contributed by atoms with E-state index in [4.69, 9.17) is 16.2 Å². The third-order valence-corrected chi connectivity index (χ3v) is 4.63. The molecule has 1 unspecified atom stereocenters. The minimum atomic E-state index is -0.774. The van der Waals surface area contributed by atoms with Crippen molar-refractivity contribution >= 4 is 23.8 Å². The van der Waals surface area contributed by atoms with E-state index in [0.29, 0.717) is 6.42 Å². The highest BCUT2D eigenvalue weighted by molar-refractivity contribution is 5.98. The molecule has 3 atom stereocenters. The molecule has 0 aromatic carbocycles. The van der Waals surface area contributed by atoms with Crippen molar-refractivity contribution in [2.24, 2.45) is 16.5 Å². The Morgan fingerprint density at radius 1 is 1.43 bits per heavy atom. The molecule has 6 N–H and O–H groups in total. The van der Waals surface area contributed by atoms with Crippen molar-refractivity contribution in [3.63, 3.8) is 0 Å². The Labute approximate surface area is 164 Å². The highest BCUT2D eigenvalue weighted by atomic mass is 19.1. The molecule has 0 radical (unpaired) electrons. The molecule has 2 rings (SSSR count). The minimum absolute atomic E-state index is 0.0308. The fourth-order valence-electron chi connectivity index (χ4n) is 2.96. The maximum absolute atomic E-state index is 14.6. The van der Waals surface area contributed by atoms with Gasteiger partial charge in [-0.15, -0.1) is 0 Å². The average molecular weight is 392 g/mol. The molecule has 1 amide bonds. The first-order valence-corrected chi connectivity index (χ1v) is 9.44. The van der Waals surface area contributed by atoms with E-state index in [1.54, 1.807) is 19.4 Å². The van der Waals surface area contributed by atoms with Gasteiger partial charge in [0.15, 0.2) is 17.9 Å². The van der Waals surface area contributed by atoms with Crippen LogP contribution >= 0.6 is 0 Å². The number of primary amides is 1. The Morgan fingerprint density at radius 3 is 2.79 bits per heavy atom. The number of rotatable bonds is 10. The molecule has 2 heterocycles. The molecule has 154 valence electrons. The third-order valence-electron chi connectivity index (χ3n) is 4.63. The number of carbonyl (C=O) groups is 1. The maximum atomic E-state index is 14.6. The minimum Gasteiger partial charge on any atom is -0.365 e. The van der Waals surface area contributed by atoms with Crippen molar-refractivity contribution in [1.82, 2.24) is 4.98 Å². The van der Waals surface area contributed by atoms with Gasteiger partial charge < -0.3 is 26.8 Å². The summed E-state index contributed by atoms with van der Waals surface area (Å²) in [5.74, 6) is -1.22. The van der Waals surface area contributed by atoms with Crippen molar-refractivity contribution in [3.05, 3.63) is 29.2 Å². The normalized spacial score (nSPS) is 18.3. The van der Waals surface area contributed by atoms with E-state index in [9.17, 15) is 9.18 Å². The van der Waals surface area contributed by atoms with Crippen LogP contribution in [0.3, 0.4) is 0 Å². The Morgan fingerprint density at radius 2 is 2.18 bits per heavy atom. The van der Waals surface area contributed by atoms with Gasteiger partial charge >= 0.3 is 0 Å². The molecular weight excluding hydrogens is 363 g/mol. The van der Waals surface area contributed by atoms with Crippen molar-refractivity contribution < 1.29 is 13.9 Å². The topological polar surface area (TPSA) is 128 Å². The molecule has 9 heteroatoms. The largest absolute Gasteiger partial charge is 0.365 e. The number of ether oxygens (including phenoxy) is 1. The van der Waals surface area contributed by atoms with Gasteiger partial charge in [0.25, 0.3) is 5.91 Å². The number of nitrogens with one attached hydrogen (secondary N) is 2. The van der Waals surface area contributed by atoms with E-state index < -0.39 is 11.7 Å². The summed E-state index contributed by atoms with van der Waals surface area (Å²) in [5, 5.41) is 6.14. The first-order chi connectivity index (χ1) is 13.4. The van der Waals surface area contributed by atoms with Crippen molar-refractivity contribution in [3.8, 4) is 0 Å². The van der Waals surface area contributed by atoms with E-state index in [-0.39, 0.29) is 35.5 Å². The molecule has 1 aliphatic rings. The molecule has 28 heavy (non-hydrogen) atoms. The lowest BCUT2D eigenvalue weighted by atomic mass is 10.0. The van der Waals surface area contributed by atoms with E-state index in [0.717, 1.165) is 31.0 Å². The van der Waals surface area contributed by atoms with Gasteiger partial charge in [-0.25, -0.2) is 9.37 Å². The molecule has 0 aliphatic carbocycles. The number of halogens is 1. The molecule has 1 aliphatic heterocycles. The monoisotopic (exact) mass is 392 g/mol. The van der Waals surface area contributed by atoms with Crippen LogP contribution in [0.15, 0.2) is 22.8 Å². The molecule has 8 nitrogen and oxygen atoms in total. The van der Waals surface area contributed by atoms with Crippen molar-refractivity contribution in [1.29, 1.82) is 0 Å². The number of aliphatic imine (C=N–C) groups is 1. The smallest absolute Gasteiger partial charge is 0.252 e. The van der Waals surface area contributed by atoms with E-state index >= 15 is 0 Å². The van der Waals surface area contributed by atoms with Crippen LogP contribution in [0, 0.1) is 5.82 Å². The number of dihydropyridines is 1. The van der Waals surface area contributed by atoms with Gasteiger partial charge in [0.1, 0.15) is 5.82 Å². The molecule has 0 fully saturated rings. The predicted molar refractivity (Wildman–Crippen MR) is 109 cm³/mol. The number of allylic oxidation sites excluding steroid dienone is 1. The number of amides is 1. The van der Waals surface area contributed by atoms with Gasteiger partial charge in [-0.05, 0) is 25.0 Å². The van der Waals surface area contributed by atoms with Gasteiger partial charge in [-0.1, -0.05) is 20.3 Å². The number of pyridine rings is 1. The fourth-order valence-corrected chi connectivity index (χ4v) is 2.96. The van der Waals surface area contributed by atoms with Gasteiger partial charge in [0.2, 0.25) is 0 Å². The van der Waals surface area contributed by atoms with E-state index in [1.807, 2.05) is 13.8 Å². The summed E-state index contributed by atoms with van der Waals surface area (Å²) in [4.78, 5) is 20.2. The number of carbonyl (C=O) groups excluding carboxylic acids is 1. The van der Waals surface area contributed by atoms with Crippen LogP contribution in [0.25, 0.3) is 0 Å². The van der Waals surface area contributed by atoms with Crippen LogP contribution in [0.1, 0.15) is 49.9 Å². The number of nitrogens with zero attached hydrogens (tertiary/aromatic N) is 2. The summed E-state index contributed by atoms with van der Waals surface area (Å²) in [6.45, 7) is 4.01. The SMILES string of the molecule is CCC[C@@H](Nc1nc(NC2=CC=NC(OC)C2)c(C(N)=O)cc1F)[C@@H](N)CC. The van der Waals surface area contributed by atoms with Crippen LogP contribution in [0.4, 0.5) is 16.0 Å². The summed E-state index contributed by atoms with van der Waals surface area (Å²) in [7, 11) is 1.56. The Bertz CT molecular complexity index is 752. The van der Waals surface area contributed by atoms with Crippen LogP contribution in [0.5, 0.6) is 0 Å². The number of hydrogen-bond donors (Lipinski definition) is 4. The second kappa shape index (κ2) is 10.1. The first-order valence-electron chi connectivity index (χ1n) is 9.44. The van der Waals surface area contributed by atoms with Crippen molar-refractivity contribution in [2.75, 3.05) is 17.7 Å². The number of anilines is 2. The second-order valence-electron chi connectivity index (χ2n) is 6.70. The Balaban J connectivity index is 2.33. The maximum Gasteiger partial charge on any atom is 0.252 e. The lowest BCUT2D eigenvalue weighted by Gasteiger charge is -2.25. The first kappa shape index (κ1) is 21.8. The summed E-state index contributed by atoms with van der Waals surface area (Å²) >= 11 is 0. The Kier molecular flexibility index (Phi) is 7.89. The van der Waals surface area contributed by atoms with Crippen LogP contribution in [0.2, 0.25) is 0 Å². The molecule has 1 aromatic rings. The van der Waals surface area contributed by atoms with Gasteiger partial charge in [0, 0.05) is 37.5 Å². The molecule has 0 saturated carbocycles. The van der Waals surface area contributed by atoms with Gasteiger partial charge in [-0.2, -0.15) is 0 Å². The highest BCUT2D eigenvalue weighted by Crippen LogP contribution is 2.25. The lowest BCUT2D eigenvalue weighted by Crippen LogP contribution is -2.40. The predicted octanol–water partition coefficient (Wildman–Crippen LogP) is 2.38. The summed E-state index contributed by atoms with van der Waals surface area (Å²) in [5.41, 5.74) is 12.3. The molecule has 0 spiro atoms. The van der Waals surface area contributed by atoms with Gasteiger partial charge in [-0.3, -0.25) is 9.79 Å². The van der Waals surface area contributed by atoms with E-state index in [1.165, 1.54) is 0 Å². The summed E-state index contributed by atoms with van der Waals surface area (Å²) < 4.78 is 19.8. The molecular formula is C19H29FN6O2.